The zero-order chi connectivity index (χ0) is 35.6. The molecule has 0 radical (unpaired) electrons. The van der Waals surface area contributed by atoms with Crippen LogP contribution in [0.3, 0.4) is 0 Å². The van der Waals surface area contributed by atoms with Gasteiger partial charge in [0.15, 0.2) is 0 Å². The van der Waals surface area contributed by atoms with E-state index in [0.717, 1.165) is 22.3 Å². The Kier molecular flexibility index (Phi) is 6.77. The first-order valence-electron chi connectivity index (χ1n) is 18.5. The van der Waals surface area contributed by atoms with Crippen LogP contribution in [-0.2, 0) is 5.41 Å². The Labute approximate surface area is 313 Å². The van der Waals surface area contributed by atoms with Gasteiger partial charge in [0, 0.05) is 22.5 Å². The Morgan fingerprint density at radius 2 is 1.04 bits per heavy atom. The average molecular weight is 688 g/mol. The summed E-state index contributed by atoms with van der Waals surface area (Å²) in [5.74, 6) is 0.649. The molecule has 0 bridgehead atoms. The van der Waals surface area contributed by atoms with E-state index in [1.54, 1.807) is 0 Å². The van der Waals surface area contributed by atoms with Gasteiger partial charge in [-0.2, -0.15) is 0 Å². The van der Waals surface area contributed by atoms with Crippen molar-refractivity contribution < 1.29 is 0 Å². The summed E-state index contributed by atoms with van der Waals surface area (Å²) < 4.78 is 2.24. The van der Waals surface area contributed by atoms with Crippen molar-refractivity contribution >= 4 is 32.6 Å². The lowest BCUT2D eigenvalue weighted by Gasteiger charge is -2.34. The van der Waals surface area contributed by atoms with Gasteiger partial charge in [-0.25, -0.2) is 9.97 Å². The first-order valence-corrected chi connectivity index (χ1v) is 18.5. The normalized spacial score (nSPS) is 13.0. The van der Waals surface area contributed by atoms with E-state index in [1.165, 1.54) is 66.1 Å². The molecule has 1 aliphatic carbocycles. The summed E-state index contributed by atoms with van der Waals surface area (Å²) in [5, 5.41) is 4.83. The van der Waals surface area contributed by atoms with E-state index >= 15 is 0 Å². The van der Waals surface area contributed by atoms with Gasteiger partial charge in [0.1, 0.15) is 0 Å². The molecule has 0 saturated heterocycles. The molecule has 2 heterocycles. The maximum absolute atomic E-state index is 5.26. The van der Waals surface area contributed by atoms with Gasteiger partial charge >= 0.3 is 0 Å². The maximum Gasteiger partial charge on any atom is 0.235 e. The van der Waals surface area contributed by atoms with Crippen molar-refractivity contribution in [2.24, 2.45) is 0 Å². The summed E-state index contributed by atoms with van der Waals surface area (Å²) in [4.78, 5) is 10.2. The summed E-state index contributed by atoms with van der Waals surface area (Å²) in [6, 6.07) is 70.2. The zero-order valence-electron chi connectivity index (χ0n) is 29.4. The molecule has 0 unspecified atom stereocenters. The number of fused-ring (bicyclic) bond motifs is 7. The Hall–Kier alpha value is -7.10. The number of para-hydroxylation sites is 1. The third-order valence-corrected chi connectivity index (χ3v) is 11.4. The quantitative estimate of drug-likeness (QED) is 0.180. The minimum atomic E-state index is -0.501. The third kappa shape index (κ3) is 4.49. The van der Waals surface area contributed by atoms with Crippen LogP contribution in [-0.4, -0.2) is 14.5 Å². The highest BCUT2D eigenvalue weighted by Gasteiger charge is 2.46. The lowest BCUT2D eigenvalue weighted by Crippen LogP contribution is -2.28. The number of nitrogens with zero attached hydrogens (tertiary/aromatic N) is 3. The molecule has 0 saturated carbocycles. The summed E-state index contributed by atoms with van der Waals surface area (Å²) in [5.41, 5.74) is 13.6. The van der Waals surface area contributed by atoms with Crippen molar-refractivity contribution in [1.29, 1.82) is 0 Å². The fourth-order valence-electron chi connectivity index (χ4n) is 8.95. The predicted molar refractivity (Wildman–Crippen MR) is 222 cm³/mol. The fourth-order valence-corrected chi connectivity index (χ4v) is 8.95. The molecule has 1 aliphatic rings. The fraction of sp³-hybridized carbons (Fsp3) is 0.0196. The standard InChI is InChI=1S/C51H33N3/c1-2-14-39(15-3-1)51(45-19-9-6-16-41(45)42-17-7-10-20-46(42)51)40-28-29-44-43-18-8-11-21-48(43)54(49(44)33-40)50-52-31-30-47(53-50)36-25-22-35(23-26-36)38-27-24-34-12-4-5-13-37(34)32-38/h1-33H. The summed E-state index contributed by atoms with van der Waals surface area (Å²) in [6.07, 6.45) is 1.88. The molecule has 2 aromatic heterocycles. The maximum atomic E-state index is 5.26. The van der Waals surface area contributed by atoms with Gasteiger partial charge < -0.3 is 0 Å². The van der Waals surface area contributed by atoms with Gasteiger partial charge in [-0.1, -0.05) is 170 Å². The van der Waals surface area contributed by atoms with E-state index in [1.807, 2.05) is 12.3 Å². The van der Waals surface area contributed by atoms with Crippen LogP contribution < -0.4 is 0 Å². The second-order valence-electron chi connectivity index (χ2n) is 14.2. The van der Waals surface area contributed by atoms with E-state index in [-0.39, 0.29) is 0 Å². The van der Waals surface area contributed by atoms with Crippen molar-refractivity contribution in [2.45, 2.75) is 5.41 Å². The van der Waals surface area contributed by atoms with E-state index in [9.17, 15) is 0 Å². The predicted octanol–water partition coefficient (Wildman–Crippen LogP) is 12.4. The van der Waals surface area contributed by atoms with E-state index in [0.29, 0.717) is 5.95 Å². The SMILES string of the molecule is c1ccc(C2(c3ccc4c5ccccc5n(-c5nccc(-c6ccc(-c7ccc8ccccc8c7)cc6)n5)c4c3)c3ccccc3-c3ccccc32)cc1. The smallest absolute Gasteiger partial charge is 0.235 e. The van der Waals surface area contributed by atoms with Gasteiger partial charge in [-0.15, -0.1) is 0 Å². The lowest BCUT2D eigenvalue weighted by molar-refractivity contribution is 0.769. The zero-order valence-corrected chi connectivity index (χ0v) is 29.4. The molecule has 0 aliphatic heterocycles. The largest absolute Gasteiger partial charge is 0.278 e. The number of rotatable bonds is 5. The molecule has 0 amide bonds. The molecule has 3 heteroatoms. The van der Waals surface area contributed by atoms with Crippen molar-refractivity contribution in [1.82, 2.24) is 14.5 Å². The van der Waals surface area contributed by atoms with Gasteiger partial charge in [0.2, 0.25) is 5.95 Å². The molecule has 54 heavy (non-hydrogen) atoms. The first kappa shape index (κ1) is 30.5. The molecule has 8 aromatic carbocycles. The molecular formula is C51H33N3. The van der Waals surface area contributed by atoms with Crippen LogP contribution in [0.2, 0.25) is 0 Å². The van der Waals surface area contributed by atoms with Crippen LogP contribution in [0.1, 0.15) is 22.3 Å². The first-order chi connectivity index (χ1) is 26.8. The van der Waals surface area contributed by atoms with Crippen molar-refractivity contribution in [3.05, 3.63) is 223 Å². The van der Waals surface area contributed by atoms with Crippen LogP contribution in [0.5, 0.6) is 0 Å². The minimum Gasteiger partial charge on any atom is -0.278 e. The van der Waals surface area contributed by atoms with E-state index in [2.05, 4.69) is 193 Å². The van der Waals surface area contributed by atoms with Gasteiger partial charge in [0.25, 0.3) is 0 Å². The number of hydrogen-bond donors (Lipinski definition) is 0. The number of aromatic nitrogens is 3. The topological polar surface area (TPSA) is 30.7 Å². The Bertz CT molecular complexity index is 3000. The van der Waals surface area contributed by atoms with Crippen LogP contribution in [0.25, 0.3) is 72.0 Å². The van der Waals surface area contributed by atoms with Crippen LogP contribution in [0.15, 0.2) is 200 Å². The minimum absolute atomic E-state index is 0.501. The molecule has 252 valence electrons. The second-order valence-corrected chi connectivity index (χ2v) is 14.2. The Balaban J connectivity index is 1.09. The monoisotopic (exact) mass is 687 g/mol. The average Bonchev–Trinajstić information content (AvgIpc) is 3.74. The van der Waals surface area contributed by atoms with Crippen molar-refractivity contribution in [3.63, 3.8) is 0 Å². The van der Waals surface area contributed by atoms with Crippen LogP contribution in [0, 0.1) is 0 Å². The molecule has 0 N–H and O–H groups in total. The second kappa shape index (κ2) is 12.0. The number of hydrogen-bond acceptors (Lipinski definition) is 2. The van der Waals surface area contributed by atoms with Crippen molar-refractivity contribution in [3.8, 4) is 39.5 Å². The van der Waals surface area contributed by atoms with E-state index < -0.39 is 5.41 Å². The van der Waals surface area contributed by atoms with Crippen LogP contribution in [0.4, 0.5) is 0 Å². The Morgan fingerprint density at radius 3 is 1.83 bits per heavy atom. The van der Waals surface area contributed by atoms with Crippen molar-refractivity contribution in [2.75, 3.05) is 0 Å². The molecule has 11 rings (SSSR count). The third-order valence-electron chi connectivity index (χ3n) is 11.4. The molecule has 0 spiro atoms. The van der Waals surface area contributed by atoms with Gasteiger partial charge in [-0.3, -0.25) is 4.57 Å². The molecule has 0 atom stereocenters. The molecule has 3 nitrogen and oxygen atoms in total. The van der Waals surface area contributed by atoms with Gasteiger partial charge in [0.05, 0.1) is 22.1 Å². The Morgan fingerprint density at radius 1 is 0.407 bits per heavy atom. The highest BCUT2D eigenvalue weighted by molar-refractivity contribution is 6.09. The summed E-state index contributed by atoms with van der Waals surface area (Å²) in [7, 11) is 0. The van der Waals surface area contributed by atoms with Crippen LogP contribution >= 0.6 is 0 Å². The van der Waals surface area contributed by atoms with Gasteiger partial charge in [-0.05, 0) is 79.5 Å². The molecular weight excluding hydrogens is 655 g/mol. The lowest BCUT2D eigenvalue weighted by atomic mass is 9.67. The highest BCUT2D eigenvalue weighted by Crippen LogP contribution is 2.56. The molecule has 0 fully saturated rings. The number of benzene rings is 8. The van der Waals surface area contributed by atoms with E-state index in [4.69, 9.17) is 9.97 Å². The summed E-state index contributed by atoms with van der Waals surface area (Å²) in [6.45, 7) is 0. The summed E-state index contributed by atoms with van der Waals surface area (Å²) >= 11 is 0. The highest BCUT2D eigenvalue weighted by atomic mass is 15.2. The molecule has 10 aromatic rings.